The third-order valence-electron chi connectivity index (χ3n) is 8.07. The Kier molecular flexibility index (Phi) is 4.26. The Morgan fingerprint density at radius 1 is 1.03 bits per heavy atom. The minimum absolute atomic E-state index is 0.119. The monoisotopic (exact) mass is 399 g/mol. The maximum absolute atomic E-state index is 13.8. The smallest absolute Gasteiger partial charge is 0.185 e. The predicted molar refractivity (Wildman–Crippen MR) is 119 cm³/mol. The quantitative estimate of drug-likeness (QED) is 0.495. The van der Waals surface area contributed by atoms with Gasteiger partial charge in [-0.15, -0.1) is 0 Å². The molecule has 3 aliphatic carbocycles. The molecule has 154 valence electrons. The molecule has 0 spiro atoms. The summed E-state index contributed by atoms with van der Waals surface area (Å²) in [7, 11) is 0. The average Bonchev–Trinajstić information content (AvgIpc) is 3.28. The number of Topliss-reactive ketones (excluding diaryl/α,β-unsaturated/α-hetero) is 1. The summed E-state index contributed by atoms with van der Waals surface area (Å²) in [5, 5.41) is 1.06. The van der Waals surface area contributed by atoms with Gasteiger partial charge in [-0.3, -0.25) is 4.79 Å². The lowest BCUT2D eigenvalue weighted by atomic mass is 9.64. The van der Waals surface area contributed by atoms with Gasteiger partial charge in [0, 0.05) is 16.3 Å². The largest absolute Gasteiger partial charge is 0.489 e. The number of rotatable bonds is 5. The molecule has 1 heterocycles. The lowest BCUT2D eigenvalue weighted by molar-refractivity contribution is 0.0606. The van der Waals surface area contributed by atoms with Gasteiger partial charge in [0.1, 0.15) is 12.4 Å². The van der Waals surface area contributed by atoms with Crippen molar-refractivity contribution in [3.63, 3.8) is 0 Å². The SMILES string of the molecule is O=C(c1cc2cc(OCc3ccccc3)ccc2[nH]1)C12CCCC3CC(CC3C1)C2. The molecule has 3 bridgehead atoms. The van der Waals surface area contributed by atoms with Gasteiger partial charge in [0.05, 0.1) is 5.69 Å². The van der Waals surface area contributed by atoms with Crippen LogP contribution in [-0.4, -0.2) is 10.8 Å². The molecule has 4 unspecified atom stereocenters. The lowest BCUT2D eigenvalue weighted by Crippen LogP contribution is -2.37. The summed E-state index contributed by atoms with van der Waals surface area (Å²) in [6, 6.07) is 18.3. The molecule has 4 atom stereocenters. The molecule has 3 fully saturated rings. The molecular weight excluding hydrogens is 370 g/mol. The van der Waals surface area contributed by atoms with Gasteiger partial charge >= 0.3 is 0 Å². The van der Waals surface area contributed by atoms with E-state index in [2.05, 4.69) is 29.2 Å². The lowest BCUT2D eigenvalue weighted by Gasteiger charge is -2.38. The van der Waals surface area contributed by atoms with E-state index >= 15 is 0 Å². The van der Waals surface area contributed by atoms with Crippen molar-refractivity contribution in [3.05, 3.63) is 65.9 Å². The first-order valence-corrected chi connectivity index (χ1v) is 11.5. The molecule has 0 saturated heterocycles. The zero-order chi connectivity index (χ0) is 20.1. The number of hydrogen-bond donors (Lipinski definition) is 1. The van der Waals surface area contributed by atoms with Crippen LogP contribution in [0.1, 0.15) is 61.0 Å². The van der Waals surface area contributed by atoms with Gasteiger partial charge in [0.15, 0.2) is 5.78 Å². The number of fused-ring (bicyclic) bond motifs is 3. The number of aromatic amines is 1. The number of benzene rings is 2. The summed E-state index contributed by atoms with van der Waals surface area (Å²) >= 11 is 0. The normalized spacial score (nSPS) is 29.8. The number of ketones is 1. The molecule has 2 aromatic carbocycles. The number of carbonyl (C=O) groups excluding carboxylic acids is 1. The van der Waals surface area contributed by atoms with E-state index in [4.69, 9.17) is 4.74 Å². The van der Waals surface area contributed by atoms with Crippen LogP contribution in [0.3, 0.4) is 0 Å². The van der Waals surface area contributed by atoms with Gasteiger partial charge in [-0.05, 0) is 79.7 Å². The van der Waals surface area contributed by atoms with Crippen molar-refractivity contribution in [2.75, 3.05) is 0 Å². The molecule has 3 nitrogen and oxygen atoms in total. The summed E-state index contributed by atoms with van der Waals surface area (Å²) in [5.41, 5.74) is 2.85. The average molecular weight is 400 g/mol. The Balaban J connectivity index is 1.25. The number of ether oxygens (including phenoxy) is 1. The summed E-state index contributed by atoms with van der Waals surface area (Å²) in [6.45, 7) is 0.551. The molecule has 0 radical (unpaired) electrons. The maximum atomic E-state index is 13.8. The summed E-state index contributed by atoms with van der Waals surface area (Å²) in [4.78, 5) is 17.2. The predicted octanol–water partition coefficient (Wildman–Crippen LogP) is 6.54. The van der Waals surface area contributed by atoms with Crippen molar-refractivity contribution in [2.24, 2.45) is 23.2 Å². The van der Waals surface area contributed by atoms with E-state index in [1.807, 2.05) is 30.3 Å². The van der Waals surface area contributed by atoms with E-state index in [1.54, 1.807) is 0 Å². The minimum Gasteiger partial charge on any atom is -0.489 e. The topological polar surface area (TPSA) is 42.1 Å². The molecule has 3 aromatic rings. The molecule has 1 aromatic heterocycles. The molecule has 6 rings (SSSR count). The van der Waals surface area contributed by atoms with Crippen molar-refractivity contribution >= 4 is 16.7 Å². The van der Waals surface area contributed by atoms with Gasteiger partial charge in [-0.2, -0.15) is 0 Å². The first-order valence-electron chi connectivity index (χ1n) is 11.5. The fourth-order valence-corrected chi connectivity index (χ4v) is 6.80. The second-order valence-electron chi connectivity index (χ2n) is 9.97. The number of nitrogens with one attached hydrogen (secondary N) is 1. The van der Waals surface area contributed by atoms with Gasteiger partial charge in [0.25, 0.3) is 0 Å². The third kappa shape index (κ3) is 3.07. The first kappa shape index (κ1) is 18.2. The van der Waals surface area contributed by atoms with Gasteiger partial charge in [-0.25, -0.2) is 0 Å². The molecule has 0 aliphatic heterocycles. The Morgan fingerprint density at radius 2 is 1.90 bits per heavy atom. The zero-order valence-corrected chi connectivity index (χ0v) is 17.4. The minimum atomic E-state index is -0.119. The second kappa shape index (κ2) is 7.01. The van der Waals surface area contributed by atoms with E-state index in [9.17, 15) is 4.79 Å². The molecule has 1 N–H and O–H groups in total. The highest BCUT2D eigenvalue weighted by Gasteiger charge is 2.53. The molecule has 3 aliphatic rings. The van der Waals surface area contributed by atoms with E-state index in [1.165, 1.54) is 25.7 Å². The molecule has 0 amide bonds. The fourth-order valence-electron chi connectivity index (χ4n) is 6.80. The van der Waals surface area contributed by atoms with Crippen LogP contribution in [0.5, 0.6) is 5.75 Å². The van der Waals surface area contributed by atoms with E-state index in [0.717, 1.165) is 64.9 Å². The highest BCUT2D eigenvalue weighted by Crippen LogP contribution is 2.59. The maximum Gasteiger partial charge on any atom is 0.185 e. The van der Waals surface area contributed by atoms with Gasteiger partial charge in [0.2, 0.25) is 0 Å². The van der Waals surface area contributed by atoms with Crippen molar-refractivity contribution in [3.8, 4) is 5.75 Å². The fraction of sp³-hybridized carbons (Fsp3) is 0.444. The van der Waals surface area contributed by atoms with E-state index in [-0.39, 0.29) is 5.41 Å². The molecule has 30 heavy (non-hydrogen) atoms. The van der Waals surface area contributed by atoms with E-state index in [0.29, 0.717) is 12.4 Å². The number of hydrogen-bond acceptors (Lipinski definition) is 2. The Labute approximate surface area is 177 Å². The van der Waals surface area contributed by atoms with Crippen LogP contribution in [0, 0.1) is 23.2 Å². The molecule has 3 heteroatoms. The summed E-state index contributed by atoms with van der Waals surface area (Å²) in [6.07, 6.45) is 8.61. The van der Waals surface area contributed by atoms with E-state index < -0.39 is 0 Å². The highest BCUT2D eigenvalue weighted by atomic mass is 16.5. The van der Waals surface area contributed by atoms with Gasteiger partial charge < -0.3 is 9.72 Å². The molecular formula is C27H29NO2. The van der Waals surface area contributed by atoms with Crippen LogP contribution in [0.25, 0.3) is 10.9 Å². The standard InChI is InChI=1S/C27H29NO2/c29-26(27-10-4-7-20-11-19(15-27)12-22(20)16-27)25-14-21-13-23(8-9-24(21)28-25)30-17-18-5-2-1-3-6-18/h1-3,5-6,8-9,13-14,19-20,22,28H,4,7,10-12,15-17H2. The van der Waals surface area contributed by atoms with Crippen LogP contribution < -0.4 is 4.74 Å². The summed E-state index contributed by atoms with van der Waals surface area (Å²) < 4.78 is 5.99. The Hall–Kier alpha value is -2.55. The van der Waals surface area contributed by atoms with Crippen LogP contribution in [0.15, 0.2) is 54.6 Å². The second-order valence-corrected chi connectivity index (χ2v) is 9.97. The highest BCUT2D eigenvalue weighted by molar-refractivity contribution is 6.03. The van der Waals surface area contributed by atoms with Crippen LogP contribution >= 0.6 is 0 Å². The summed E-state index contributed by atoms with van der Waals surface area (Å²) in [5.74, 6) is 3.66. The first-order chi connectivity index (χ1) is 14.7. The number of aromatic nitrogens is 1. The third-order valence-corrected chi connectivity index (χ3v) is 8.07. The Bertz CT molecular complexity index is 1080. The van der Waals surface area contributed by atoms with Crippen molar-refractivity contribution < 1.29 is 9.53 Å². The van der Waals surface area contributed by atoms with Gasteiger partial charge in [-0.1, -0.05) is 43.2 Å². The van der Waals surface area contributed by atoms with Crippen LogP contribution in [0.2, 0.25) is 0 Å². The Morgan fingerprint density at radius 3 is 2.80 bits per heavy atom. The van der Waals surface area contributed by atoms with Crippen LogP contribution in [-0.2, 0) is 6.61 Å². The van der Waals surface area contributed by atoms with Crippen molar-refractivity contribution in [2.45, 2.75) is 51.6 Å². The number of carbonyl (C=O) groups is 1. The van der Waals surface area contributed by atoms with Crippen LogP contribution in [0.4, 0.5) is 0 Å². The zero-order valence-electron chi connectivity index (χ0n) is 17.4. The molecule has 3 saturated carbocycles. The van der Waals surface area contributed by atoms with Crippen molar-refractivity contribution in [1.29, 1.82) is 0 Å². The van der Waals surface area contributed by atoms with Crippen molar-refractivity contribution in [1.82, 2.24) is 4.98 Å². The number of H-pyrrole nitrogens is 1.